The van der Waals surface area contributed by atoms with Gasteiger partial charge in [-0.05, 0) is 51.1 Å². The van der Waals surface area contributed by atoms with Gasteiger partial charge in [0.1, 0.15) is 11.7 Å². The van der Waals surface area contributed by atoms with E-state index in [0.29, 0.717) is 5.56 Å². The molecule has 0 amide bonds. The minimum Gasteiger partial charge on any atom is -0.324 e. The second-order valence-electron chi connectivity index (χ2n) is 12.1. The molecule has 5 aromatic carbocycles. The highest BCUT2D eigenvalue weighted by atomic mass is 15.2. The maximum absolute atomic E-state index is 9.32. The van der Waals surface area contributed by atoms with Crippen LogP contribution >= 0.6 is 0 Å². The third-order valence-electron chi connectivity index (χ3n) is 9.22. The molecule has 48 heavy (non-hydrogen) atoms. The van der Waals surface area contributed by atoms with Gasteiger partial charge in [0, 0.05) is 23.0 Å². The van der Waals surface area contributed by atoms with E-state index in [0.717, 1.165) is 39.5 Å². The van der Waals surface area contributed by atoms with Crippen LogP contribution in [0.5, 0.6) is 0 Å². The molecule has 3 unspecified atom stereocenters. The average molecular weight is 617 g/mol. The van der Waals surface area contributed by atoms with Crippen molar-refractivity contribution in [1.82, 2.24) is 5.32 Å². The number of rotatable bonds is 6. The number of hydrogen-bond acceptors (Lipinski definition) is 4. The Labute approximate surface area is 281 Å². The lowest BCUT2D eigenvalue weighted by Gasteiger charge is -2.32. The quantitative estimate of drug-likeness (QED) is 0.207. The molecule has 1 N–H and O–H groups in total. The zero-order valence-electron chi connectivity index (χ0n) is 26.2. The van der Waals surface area contributed by atoms with E-state index in [9.17, 15) is 5.26 Å². The number of nitriles is 1. The number of amidine groups is 2. The predicted molar refractivity (Wildman–Crippen MR) is 196 cm³/mol. The maximum Gasteiger partial charge on any atom is 0.169 e. The van der Waals surface area contributed by atoms with Gasteiger partial charge in [0.25, 0.3) is 0 Å². The van der Waals surface area contributed by atoms with Gasteiger partial charge >= 0.3 is 0 Å². The van der Waals surface area contributed by atoms with Crippen molar-refractivity contribution in [3.8, 4) is 17.2 Å². The summed E-state index contributed by atoms with van der Waals surface area (Å²) >= 11 is 0. The molecule has 2 aliphatic carbocycles. The molecule has 0 spiro atoms. The highest BCUT2D eigenvalue weighted by Gasteiger charge is 2.30. The van der Waals surface area contributed by atoms with Crippen LogP contribution in [0.1, 0.15) is 39.5 Å². The molecule has 3 aliphatic rings. The molecule has 4 nitrogen and oxygen atoms in total. The molecule has 4 heteroatoms. The van der Waals surface area contributed by atoms with E-state index in [1.165, 1.54) is 22.3 Å². The van der Waals surface area contributed by atoms with Crippen molar-refractivity contribution in [3.05, 3.63) is 203 Å². The van der Waals surface area contributed by atoms with Gasteiger partial charge in [0.2, 0.25) is 0 Å². The average Bonchev–Trinajstić information content (AvgIpc) is 3.18. The van der Waals surface area contributed by atoms with Crippen LogP contribution in [0.25, 0.3) is 22.3 Å². The number of aliphatic imine (C=N–C) groups is 2. The number of nitrogens with one attached hydrogen (secondary N) is 1. The van der Waals surface area contributed by atoms with E-state index in [1.54, 1.807) is 0 Å². The van der Waals surface area contributed by atoms with E-state index in [1.807, 2.05) is 54.6 Å². The molecule has 1 heterocycles. The largest absolute Gasteiger partial charge is 0.324 e. The van der Waals surface area contributed by atoms with Gasteiger partial charge in [-0.3, -0.25) is 0 Å². The summed E-state index contributed by atoms with van der Waals surface area (Å²) in [6.07, 6.45) is 13.2. The Kier molecular flexibility index (Phi) is 7.78. The summed E-state index contributed by atoms with van der Waals surface area (Å²) in [7, 11) is 0. The number of nitrogens with zero attached hydrogens (tertiary/aromatic N) is 3. The van der Waals surface area contributed by atoms with E-state index in [2.05, 4.69) is 127 Å². The van der Waals surface area contributed by atoms with E-state index < -0.39 is 0 Å². The Morgan fingerprint density at radius 1 is 0.500 bits per heavy atom. The molecule has 0 saturated heterocycles. The molecular formula is C44H32N4. The first kappa shape index (κ1) is 29.1. The predicted octanol–water partition coefficient (Wildman–Crippen LogP) is 9.56. The molecule has 228 valence electrons. The Morgan fingerprint density at radius 2 is 1.00 bits per heavy atom. The van der Waals surface area contributed by atoms with Crippen LogP contribution in [-0.4, -0.2) is 11.7 Å². The monoisotopic (exact) mass is 616 g/mol. The molecule has 0 aromatic heterocycles. The molecule has 0 bridgehead atoms. The lowest BCUT2D eigenvalue weighted by Crippen LogP contribution is -2.36. The van der Waals surface area contributed by atoms with Crippen LogP contribution in [0.3, 0.4) is 0 Å². The van der Waals surface area contributed by atoms with Crippen molar-refractivity contribution in [1.29, 1.82) is 5.26 Å². The van der Waals surface area contributed by atoms with Crippen molar-refractivity contribution in [2.24, 2.45) is 21.8 Å². The van der Waals surface area contributed by atoms with Crippen LogP contribution in [0, 0.1) is 23.2 Å². The second kappa shape index (κ2) is 12.8. The number of benzene rings is 5. The fourth-order valence-corrected chi connectivity index (χ4v) is 6.74. The van der Waals surface area contributed by atoms with Crippen LogP contribution in [0.2, 0.25) is 0 Å². The summed E-state index contributed by atoms with van der Waals surface area (Å²) in [5.74, 6) is 2.10. The summed E-state index contributed by atoms with van der Waals surface area (Å²) < 4.78 is 0. The van der Waals surface area contributed by atoms with E-state index in [-0.39, 0.29) is 18.0 Å². The van der Waals surface area contributed by atoms with Gasteiger partial charge in [-0.1, -0.05) is 158 Å². The number of hydrogen-bond donors (Lipinski definition) is 1. The Morgan fingerprint density at radius 3 is 1.58 bits per heavy atom. The summed E-state index contributed by atoms with van der Waals surface area (Å²) in [6, 6.07) is 47.9. The third-order valence-corrected chi connectivity index (χ3v) is 9.22. The summed E-state index contributed by atoms with van der Waals surface area (Å²) in [4.78, 5) is 10.0. The molecule has 0 saturated carbocycles. The fraction of sp³-hybridized carbons (Fsp3) is 0.0682. The van der Waals surface area contributed by atoms with Crippen LogP contribution in [-0.2, 0) is 0 Å². The summed E-state index contributed by atoms with van der Waals surface area (Å²) in [5, 5.41) is 12.8. The molecule has 0 fully saturated rings. The highest BCUT2D eigenvalue weighted by Crippen LogP contribution is 2.44. The lowest BCUT2D eigenvalue weighted by molar-refractivity contribution is 0.695. The van der Waals surface area contributed by atoms with Crippen LogP contribution in [0.15, 0.2) is 180 Å². The standard InChI is InChI=1S/C44H32N4/c45-29-30-10-9-15-37(28-30)31-18-20-32(21-19-31)38-26-27-39(41-17-8-7-16-40(38)41)33-22-24-36(25-23-33)44-47-42(34-11-3-1-4-12-34)46-43(48-44)35-13-5-2-6-14-35/h1-28,40-42H,(H,46,47,48). The fourth-order valence-electron chi connectivity index (χ4n) is 6.74. The second-order valence-corrected chi connectivity index (χ2v) is 12.1. The first-order valence-corrected chi connectivity index (χ1v) is 16.2. The van der Waals surface area contributed by atoms with Gasteiger partial charge in [0.05, 0.1) is 11.6 Å². The minimum absolute atomic E-state index is 0.234. The van der Waals surface area contributed by atoms with Gasteiger partial charge in [-0.2, -0.15) is 5.26 Å². The van der Waals surface area contributed by atoms with Crippen molar-refractivity contribution in [2.75, 3.05) is 0 Å². The van der Waals surface area contributed by atoms with Gasteiger partial charge in [-0.15, -0.1) is 0 Å². The minimum atomic E-state index is -0.321. The van der Waals surface area contributed by atoms with Crippen LogP contribution in [0.4, 0.5) is 0 Å². The SMILES string of the molecule is N#Cc1cccc(-c2ccc(C3=CC=C(c4ccc(C5=NC(c6ccccc6)N=C(c6ccccc6)N5)cc4)C4C=CC=CC34)cc2)c1. The first-order chi connectivity index (χ1) is 23.7. The smallest absolute Gasteiger partial charge is 0.169 e. The van der Waals surface area contributed by atoms with Gasteiger partial charge in [0.15, 0.2) is 6.17 Å². The van der Waals surface area contributed by atoms with Crippen molar-refractivity contribution >= 4 is 22.8 Å². The molecular weight excluding hydrogens is 585 g/mol. The molecule has 0 radical (unpaired) electrons. The molecule has 3 atom stereocenters. The normalized spacial score (nSPS) is 19.5. The number of allylic oxidation sites excluding steroid dienone is 8. The number of fused-ring (bicyclic) bond motifs is 1. The van der Waals surface area contributed by atoms with Gasteiger partial charge in [-0.25, -0.2) is 9.98 Å². The topological polar surface area (TPSA) is 60.5 Å². The van der Waals surface area contributed by atoms with Gasteiger partial charge < -0.3 is 5.32 Å². The van der Waals surface area contributed by atoms with E-state index >= 15 is 0 Å². The summed E-state index contributed by atoms with van der Waals surface area (Å²) in [6.45, 7) is 0. The van der Waals surface area contributed by atoms with E-state index in [4.69, 9.17) is 9.98 Å². The molecule has 8 rings (SSSR count). The van der Waals surface area contributed by atoms with Crippen molar-refractivity contribution in [2.45, 2.75) is 6.17 Å². The summed E-state index contributed by atoms with van der Waals surface area (Å²) in [5.41, 5.74) is 10.9. The molecule has 1 aliphatic heterocycles. The zero-order chi connectivity index (χ0) is 32.3. The third kappa shape index (κ3) is 5.75. The maximum atomic E-state index is 9.32. The Bertz CT molecular complexity index is 2190. The van der Waals surface area contributed by atoms with Crippen molar-refractivity contribution < 1.29 is 0 Å². The zero-order valence-corrected chi connectivity index (χ0v) is 26.2. The molecule has 5 aromatic rings. The Balaban J connectivity index is 1.08. The van der Waals surface area contributed by atoms with Crippen molar-refractivity contribution in [3.63, 3.8) is 0 Å². The lowest BCUT2D eigenvalue weighted by atomic mass is 9.71. The first-order valence-electron chi connectivity index (χ1n) is 16.2. The highest BCUT2D eigenvalue weighted by molar-refractivity contribution is 6.16. The van der Waals surface area contributed by atoms with Crippen LogP contribution < -0.4 is 5.32 Å². The Hall–Kier alpha value is -6.31.